The molecule has 35 heavy (non-hydrogen) atoms. The Bertz CT molecular complexity index is 1630. The Morgan fingerprint density at radius 2 is 1.91 bits per heavy atom. The molecule has 1 N–H and O–H groups in total. The molecule has 5 heterocycles. The van der Waals surface area contributed by atoms with E-state index >= 15 is 0 Å². The highest BCUT2D eigenvalue weighted by atomic mass is 16.3. The summed E-state index contributed by atoms with van der Waals surface area (Å²) in [5.74, 6) is 0.970. The highest BCUT2D eigenvalue weighted by molar-refractivity contribution is 6.12. The molecule has 5 aromatic heterocycles. The van der Waals surface area contributed by atoms with E-state index in [4.69, 9.17) is 9.40 Å². The van der Waals surface area contributed by atoms with Crippen molar-refractivity contribution in [1.29, 1.82) is 0 Å². The molecule has 0 atom stereocenters. The Morgan fingerprint density at radius 3 is 2.66 bits per heavy atom. The third kappa shape index (κ3) is 3.72. The summed E-state index contributed by atoms with van der Waals surface area (Å²) in [4.78, 5) is 26.9. The van der Waals surface area contributed by atoms with Crippen LogP contribution in [0.3, 0.4) is 0 Å². The van der Waals surface area contributed by atoms with Crippen molar-refractivity contribution in [2.45, 2.75) is 19.9 Å². The van der Waals surface area contributed by atoms with E-state index in [2.05, 4.69) is 20.4 Å². The van der Waals surface area contributed by atoms with E-state index in [0.717, 1.165) is 11.3 Å². The lowest BCUT2D eigenvalue weighted by molar-refractivity contribution is 0.102. The number of furan rings is 1. The van der Waals surface area contributed by atoms with Crippen molar-refractivity contribution < 1.29 is 9.21 Å². The molecule has 0 fully saturated rings. The zero-order valence-corrected chi connectivity index (χ0v) is 19.1. The molecule has 9 nitrogen and oxygen atoms in total. The molecule has 0 unspecified atom stereocenters. The van der Waals surface area contributed by atoms with Crippen LogP contribution in [0.5, 0.6) is 0 Å². The van der Waals surface area contributed by atoms with Crippen LogP contribution in [0, 0.1) is 0 Å². The van der Waals surface area contributed by atoms with Gasteiger partial charge in [0, 0.05) is 35.9 Å². The van der Waals surface area contributed by atoms with E-state index in [0.29, 0.717) is 39.5 Å². The molecule has 6 aromatic rings. The lowest BCUT2D eigenvalue weighted by Gasteiger charge is -2.10. The first-order valence-electron chi connectivity index (χ1n) is 11.2. The normalized spacial score (nSPS) is 11.5. The van der Waals surface area contributed by atoms with Gasteiger partial charge in [0.05, 0.1) is 29.1 Å². The van der Waals surface area contributed by atoms with E-state index in [9.17, 15) is 4.79 Å². The minimum Gasteiger partial charge on any atom is -0.463 e. The minimum absolute atomic E-state index is 0.0881. The largest absolute Gasteiger partial charge is 0.463 e. The van der Waals surface area contributed by atoms with Crippen LogP contribution in [-0.2, 0) is 0 Å². The molecule has 0 spiro atoms. The molecule has 0 aliphatic heterocycles. The zero-order valence-electron chi connectivity index (χ0n) is 19.1. The van der Waals surface area contributed by atoms with Gasteiger partial charge < -0.3 is 9.73 Å². The fourth-order valence-corrected chi connectivity index (χ4v) is 4.03. The first-order valence-corrected chi connectivity index (χ1v) is 11.2. The Balaban J connectivity index is 1.33. The van der Waals surface area contributed by atoms with E-state index < -0.39 is 0 Å². The summed E-state index contributed by atoms with van der Waals surface area (Å²) in [5.41, 5.74) is 4.09. The summed E-state index contributed by atoms with van der Waals surface area (Å²) in [7, 11) is 0. The van der Waals surface area contributed by atoms with Gasteiger partial charge >= 0.3 is 0 Å². The zero-order chi connectivity index (χ0) is 23.9. The Labute approximate surface area is 200 Å². The fourth-order valence-electron chi connectivity index (χ4n) is 4.03. The number of imidazole rings is 1. The summed E-state index contributed by atoms with van der Waals surface area (Å²) < 4.78 is 9.21. The predicted molar refractivity (Wildman–Crippen MR) is 132 cm³/mol. The number of aromatic nitrogens is 6. The summed E-state index contributed by atoms with van der Waals surface area (Å²) in [6.07, 6.45) is 8.81. The van der Waals surface area contributed by atoms with Crippen molar-refractivity contribution in [3.63, 3.8) is 0 Å². The molecular weight excluding hydrogens is 442 g/mol. The van der Waals surface area contributed by atoms with Crippen LogP contribution in [0.15, 0.2) is 84.0 Å². The number of pyridine rings is 1. The first kappa shape index (κ1) is 20.8. The highest BCUT2D eigenvalue weighted by Crippen LogP contribution is 2.28. The molecule has 6 rings (SSSR count). The number of rotatable bonds is 5. The number of carbonyl (C=O) groups excluding carboxylic acids is 1. The van der Waals surface area contributed by atoms with Gasteiger partial charge in [0.2, 0.25) is 5.78 Å². The van der Waals surface area contributed by atoms with Crippen molar-refractivity contribution >= 4 is 28.4 Å². The first-order chi connectivity index (χ1) is 17.1. The fraction of sp³-hybridized carbons (Fsp3) is 0.115. The van der Waals surface area contributed by atoms with Crippen LogP contribution >= 0.6 is 0 Å². The van der Waals surface area contributed by atoms with Crippen molar-refractivity contribution in [1.82, 2.24) is 29.1 Å². The maximum absolute atomic E-state index is 13.4. The molecule has 1 amide bonds. The van der Waals surface area contributed by atoms with Gasteiger partial charge in [-0.05, 0) is 50.2 Å². The van der Waals surface area contributed by atoms with E-state index in [-0.39, 0.29) is 11.9 Å². The number of anilines is 1. The number of nitrogens with zero attached hydrogens (tertiary/aromatic N) is 6. The average molecular weight is 464 g/mol. The number of fused-ring (bicyclic) bond motifs is 2. The number of nitrogens with one attached hydrogen (secondary N) is 1. The molecular formula is C26H21N7O2. The van der Waals surface area contributed by atoms with Gasteiger partial charge in [0.1, 0.15) is 5.69 Å². The Kier molecular flexibility index (Phi) is 4.88. The lowest BCUT2D eigenvalue weighted by atomic mass is 10.1. The molecule has 172 valence electrons. The van der Waals surface area contributed by atoms with Gasteiger partial charge in [-0.15, -0.1) is 0 Å². The molecule has 0 saturated heterocycles. The summed E-state index contributed by atoms with van der Waals surface area (Å²) >= 11 is 0. The van der Waals surface area contributed by atoms with Crippen LogP contribution < -0.4 is 5.32 Å². The molecule has 0 aliphatic carbocycles. The summed E-state index contributed by atoms with van der Waals surface area (Å²) in [5, 5.41) is 8.14. The second-order valence-electron chi connectivity index (χ2n) is 8.44. The Hall–Kier alpha value is -4.79. The van der Waals surface area contributed by atoms with Crippen molar-refractivity contribution in [2.24, 2.45) is 0 Å². The highest BCUT2D eigenvalue weighted by Gasteiger charge is 2.19. The van der Waals surface area contributed by atoms with Crippen molar-refractivity contribution in [2.75, 3.05) is 5.32 Å². The number of hydrogen-bond donors (Lipinski definition) is 1. The molecule has 0 aliphatic rings. The number of benzene rings is 1. The summed E-state index contributed by atoms with van der Waals surface area (Å²) in [6, 6.07) is 14.8. The predicted octanol–water partition coefficient (Wildman–Crippen LogP) is 5.23. The second kappa shape index (κ2) is 8.21. The Morgan fingerprint density at radius 1 is 1.06 bits per heavy atom. The number of carbonyl (C=O) groups is 1. The monoisotopic (exact) mass is 463 g/mol. The third-order valence-electron chi connectivity index (χ3n) is 5.75. The van der Waals surface area contributed by atoms with Gasteiger partial charge in [-0.25, -0.2) is 19.6 Å². The lowest BCUT2D eigenvalue weighted by Crippen LogP contribution is -2.13. The molecule has 0 radical (unpaired) electrons. The van der Waals surface area contributed by atoms with Crippen molar-refractivity contribution in [3.05, 3.63) is 85.1 Å². The van der Waals surface area contributed by atoms with Crippen molar-refractivity contribution in [3.8, 4) is 22.7 Å². The quantitative estimate of drug-likeness (QED) is 0.375. The van der Waals surface area contributed by atoms with Gasteiger partial charge in [-0.1, -0.05) is 12.1 Å². The van der Waals surface area contributed by atoms with Crippen LogP contribution in [0.2, 0.25) is 0 Å². The van der Waals surface area contributed by atoms with Crippen LogP contribution in [-0.4, -0.2) is 35.0 Å². The molecule has 9 heteroatoms. The van der Waals surface area contributed by atoms with E-state index in [1.54, 1.807) is 35.5 Å². The molecule has 0 bridgehead atoms. The van der Waals surface area contributed by atoms with Crippen LogP contribution in [0.1, 0.15) is 30.2 Å². The van der Waals surface area contributed by atoms with Crippen LogP contribution in [0.4, 0.5) is 5.69 Å². The maximum Gasteiger partial charge on any atom is 0.256 e. The molecule has 1 aromatic carbocycles. The van der Waals surface area contributed by atoms with Crippen LogP contribution in [0.25, 0.3) is 39.5 Å². The summed E-state index contributed by atoms with van der Waals surface area (Å²) in [6.45, 7) is 4.04. The van der Waals surface area contributed by atoms with Gasteiger partial charge in [-0.3, -0.25) is 9.20 Å². The minimum atomic E-state index is -0.252. The van der Waals surface area contributed by atoms with Gasteiger partial charge in [0.15, 0.2) is 11.4 Å². The topological polar surface area (TPSA) is 103 Å². The van der Waals surface area contributed by atoms with Gasteiger partial charge in [-0.2, -0.15) is 5.10 Å². The molecule has 0 saturated carbocycles. The van der Waals surface area contributed by atoms with Gasteiger partial charge in [0.25, 0.3) is 5.91 Å². The maximum atomic E-state index is 13.4. The smallest absolute Gasteiger partial charge is 0.256 e. The standard InChI is InChI=1S/C26H21N7O2/c1-16(2)33-24-20(14-28-33)19(13-21(30-24)23-5-3-12-35-23)25(34)29-18-8-6-17(7-9-18)22-15-32-11-4-10-27-26(32)31-22/h3-16H,1-2H3,(H,29,34). The van der Waals surface area contributed by atoms with E-state index in [1.807, 2.05) is 67.0 Å². The number of amides is 1. The number of hydrogen-bond acceptors (Lipinski definition) is 6. The third-order valence-corrected chi connectivity index (χ3v) is 5.75. The second-order valence-corrected chi connectivity index (χ2v) is 8.44. The average Bonchev–Trinajstić information content (AvgIpc) is 3.63. The van der Waals surface area contributed by atoms with E-state index in [1.165, 1.54) is 0 Å². The SMILES string of the molecule is CC(C)n1ncc2c(C(=O)Nc3ccc(-c4cn5cccnc5n4)cc3)cc(-c3ccco3)nc21.